The van der Waals surface area contributed by atoms with Crippen molar-refractivity contribution in [1.82, 2.24) is 4.72 Å². The van der Waals surface area contributed by atoms with Gasteiger partial charge in [0.1, 0.15) is 9.79 Å². The highest BCUT2D eigenvalue weighted by atomic mass is 32.2. The number of nitrogens with one attached hydrogen (secondary N) is 1. The molecule has 0 saturated carbocycles. The second kappa shape index (κ2) is 6.64. The summed E-state index contributed by atoms with van der Waals surface area (Å²) >= 11 is 0. The van der Waals surface area contributed by atoms with Gasteiger partial charge in [-0.25, -0.2) is 26.7 Å². The normalized spacial score (nSPS) is 14.2. The first kappa shape index (κ1) is 17.1. The van der Waals surface area contributed by atoms with Crippen LogP contribution >= 0.6 is 0 Å². The summed E-state index contributed by atoms with van der Waals surface area (Å²) in [5, 5.41) is 5.03. The summed E-state index contributed by atoms with van der Waals surface area (Å²) in [4.78, 5) is -0.795. The van der Waals surface area contributed by atoms with Crippen LogP contribution in [0.5, 0.6) is 0 Å². The molecule has 0 aliphatic rings. The van der Waals surface area contributed by atoms with Crippen LogP contribution in [-0.4, -0.2) is 36.6 Å². The Morgan fingerprint density at radius 1 is 1.20 bits per heavy atom. The number of rotatable bonds is 7. The monoisotopic (exact) mass is 322 g/mol. The summed E-state index contributed by atoms with van der Waals surface area (Å²) in [6.07, 6.45) is 0.505. The largest absolute Gasteiger partial charge is 0.383 e. The average Bonchev–Trinajstić information content (AvgIpc) is 2.37. The number of hydrogen-bond acceptors (Lipinski definition) is 5. The van der Waals surface area contributed by atoms with E-state index in [2.05, 4.69) is 4.72 Å². The second-order valence-corrected chi connectivity index (χ2v) is 7.39. The van der Waals surface area contributed by atoms with E-state index < -0.39 is 31.0 Å². The molecular formula is C11H18N2O5S2. The van der Waals surface area contributed by atoms with Gasteiger partial charge in [0, 0.05) is 13.2 Å². The van der Waals surface area contributed by atoms with Crippen molar-refractivity contribution in [3.8, 4) is 0 Å². The van der Waals surface area contributed by atoms with Crippen LogP contribution in [0.4, 0.5) is 0 Å². The molecule has 0 aliphatic heterocycles. The molecule has 0 bridgehead atoms. The molecule has 0 spiro atoms. The van der Waals surface area contributed by atoms with Crippen molar-refractivity contribution < 1.29 is 21.6 Å². The molecule has 1 atom stereocenters. The van der Waals surface area contributed by atoms with Crippen molar-refractivity contribution in [2.45, 2.75) is 29.2 Å². The smallest absolute Gasteiger partial charge is 0.242 e. The zero-order valence-electron chi connectivity index (χ0n) is 11.2. The Hall–Kier alpha value is -1.00. The van der Waals surface area contributed by atoms with Crippen molar-refractivity contribution in [1.29, 1.82) is 0 Å². The highest BCUT2D eigenvalue weighted by Crippen LogP contribution is 2.19. The number of primary sulfonamides is 1. The molecule has 0 saturated heterocycles. The Morgan fingerprint density at radius 3 is 2.20 bits per heavy atom. The highest BCUT2D eigenvalue weighted by molar-refractivity contribution is 7.92. The van der Waals surface area contributed by atoms with Crippen molar-refractivity contribution in [2.24, 2.45) is 5.14 Å². The predicted molar refractivity (Wildman–Crippen MR) is 74.1 cm³/mol. The van der Waals surface area contributed by atoms with Crippen LogP contribution in [0.3, 0.4) is 0 Å². The summed E-state index contributed by atoms with van der Waals surface area (Å²) in [7, 11) is -6.66. The SMILES string of the molecule is CCC(COC)NS(=O)(=O)c1ccccc1S(N)(=O)=O. The lowest BCUT2D eigenvalue weighted by atomic mass is 10.3. The molecule has 0 radical (unpaired) electrons. The first-order valence-electron chi connectivity index (χ1n) is 5.85. The number of ether oxygens (including phenoxy) is 1. The molecule has 20 heavy (non-hydrogen) atoms. The van der Waals surface area contributed by atoms with E-state index in [0.717, 1.165) is 6.07 Å². The standard InChI is InChI=1S/C11H18N2O5S2/c1-3-9(8-18-2)13-20(16,17)11-7-5-4-6-10(11)19(12,14)15/h4-7,9,13H,3,8H2,1-2H3,(H2,12,14,15). The van der Waals surface area contributed by atoms with Crippen LogP contribution in [0.25, 0.3) is 0 Å². The number of sulfonamides is 2. The number of methoxy groups -OCH3 is 1. The van der Waals surface area contributed by atoms with Crippen molar-refractivity contribution >= 4 is 20.0 Å². The maximum Gasteiger partial charge on any atom is 0.242 e. The van der Waals surface area contributed by atoms with Gasteiger partial charge < -0.3 is 4.74 Å². The van der Waals surface area contributed by atoms with E-state index in [1.54, 1.807) is 6.92 Å². The number of hydrogen-bond donors (Lipinski definition) is 2. The fraction of sp³-hybridized carbons (Fsp3) is 0.455. The zero-order valence-corrected chi connectivity index (χ0v) is 12.9. The third-order valence-electron chi connectivity index (χ3n) is 2.63. The Morgan fingerprint density at radius 2 is 1.75 bits per heavy atom. The summed E-state index contributed by atoms with van der Waals surface area (Å²) < 4.78 is 54.7. The van der Waals surface area contributed by atoms with Gasteiger partial charge in [-0.05, 0) is 18.6 Å². The van der Waals surface area contributed by atoms with Gasteiger partial charge in [0.05, 0.1) is 6.61 Å². The van der Waals surface area contributed by atoms with Crippen molar-refractivity contribution in [3.05, 3.63) is 24.3 Å². The van der Waals surface area contributed by atoms with Gasteiger partial charge >= 0.3 is 0 Å². The third kappa shape index (κ3) is 4.25. The average molecular weight is 322 g/mol. The predicted octanol–water partition coefficient (Wildman–Crippen LogP) is 0.0373. The molecule has 1 rings (SSSR count). The molecule has 7 nitrogen and oxygen atoms in total. The highest BCUT2D eigenvalue weighted by Gasteiger charge is 2.25. The van der Waals surface area contributed by atoms with Crippen LogP contribution in [0, 0.1) is 0 Å². The minimum Gasteiger partial charge on any atom is -0.383 e. The lowest BCUT2D eigenvalue weighted by molar-refractivity contribution is 0.173. The van der Waals surface area contributed by atoms with Crippen LogP contribution < -0.4 is 9.86 Å². The quantitative estimate of drug-likeness (QED) is 0.735. The van der Waals surface area contributed by atoms with E-state index in [0.29, 0.717) is 6.42 Å². The summed E-state index contributed by atoms with van der Waals surface area (Å²) in [6, 6.07) is 4.74. The molecule has 0 aromatic heterocycles. The zero-order chi connectivity index (χ0) is 15.4. The molecule has 1 aromatic rings. The lowest BCUT2D eigenvalue weighted by Gasteiger charge is -2.17. The first-order chi connectivity index (χ1) is 9.22. The molecular weight excluding hydrogens is 304 g/mol. The van der Waals surface area contributed by atoms with Crippen molar-refractivity contribution in [2.75, 3.05) is 13.7 Å². The van der Waals surface area contributed by atoms with E-state index in [4.69, 9.17) is 9.88 Å². The molecule has 0 heterocycles. The van der Waals surface area contributed by atoms with Gasteiger partial charge in [-0.3, -0.25) is 0 Å². The molecule has 1 unspecified atom stereocenters. The van der Waals surface area contributed by atoms with Gasteiger partial charge in [-0.2, -0.15) is 0 Å². The molecule has 3 N–H and O–H groups in total. The van der Waals surface area contributed by atoms with Gasteiger partial charge in [-0.1, -0.05) is 19.1 Å². The topological polar surface area (TPSA) is 116 Å². The fourth-order valence-corrected chi connectivity index (χ4v) is 4.31. The third-order valence-corrected chi connectivity index (χ3v) is 5.30. The Balaban J connectivity index is 3.23. The van der Waals surface area contributed by atoms with E-state index in [-0.39, 0.29) is 11.5 Å². The number of benzene rings is 1. The Bertz CT molecular complexity index is 655. The van der Waals surface area contributed by atoms with Crippen LogP contribution in [0.1, 0.15) is 13.3 Å². The van der Waals surface area contributed by atoms with Crippen LogP contribution in [0.15, 0.2) is 34.1 Å². The van der Waals surface area contributed by atoms with Gasteiger partial charge in [0.15, 0.2) is 0 Å². The second-order valence-electron chi connectivity index (χ2n) is 4.17. The summed E-state index contributed by atoms with van der Waals surface area (Å²) in [5.41, 5.74) is 0. The Labute approximate surface area is 119 Å². The summed E-state index contributed by atoms with van der Waals surface area (Å²) in [6.45, 7) is 1.98. The molecule has 0 aliphatic carbocycles. The molecule has 114 valence electrons. The van der Waals surface area contributed by atoms with Gasteiger partial charge in [0.2, 0.25) is 20.0 Å². The van der Waals surface area contributed by atoms with Gasteiger partial charge in [-0.15, -0.1) is 0 Å². The van der Waals surface area contributed by atoms with Crippen LogP contribution in [-0.2, 0) is 24.8 Å². The van der Waals surface area contributed by atoms with E-state index in [1.165, 1.54) is 25.3 Å². The minimum atomic E-state index is -4.12. The number of nitrogens with two attached hydrogens (primary N) is 1. The Kier molecular flexibility index (Phi) is 5.66. The minimum absolute atomic E-state index is 0.188. The molecule has 0 fully saturated rings. The first-order valence-corrected chi connectivity index (χ1v) is 8.88. The van der Waals surface area contributed by atoms with Crippen LogP contribution in [0.2, 0.25) is 0 Å². The molecule has 9 heteroatoms. The van der Waals surface area contributed by atoms with E-state index in [1.807, 2.05) is 0 Å². The van der Waals surface area contributed by atoms with E-state index in [9.17, 15) is 16.8 Å². The molecule has 1 aromatic carbocycles. The maximum atomic E-state index is 12.3. The fourth-order valence-electron chi connectivity index (χ4n) is 1.63. The van der Waals surface area contributed by atoms with Crippen molar-refractivity contribution in [3.63, 3.8) is 0 Å². The lowest BCUT2D eigenvalue weighted by Crippen LogP contribution is -2.38. The molecule has 0 amide bonds. The van der Waals surface area contributed by atoms with E-state index >= 15 is 0 Å². The summed E-state index contributed by atoms with van der Waals surface area (Å²) in [5.74, 6) is 0. The maximum absolute atomic E-state index is 12.3. The van der Waals surface area contributed by atoms with Gasteiger partial charge in [0.25, 0.3) is 0 Å².